The zero-order valence-corrected chi connectivity index (χ0v) is 11.6. The Morgan fingerprint density at radius 2 is 2.33 bits per heavy atom. The predicted molar refractivity (Wildman–Crippen MR) is 75.1 cm³/mol. The summed E-state index contributed by atoms with van der Waals surface area (Å²) in [5.41, 5.74) is 0.847. The molecule has 0 spiro atoms. The Bertz CT molecular complexity index is 371. The lowest BCUT2D eigenvalue weighted by atomic mass is 10.1. The molecule has 1 heterocycles. The summed E-state index contributed by atoms with van der Waals surface area (Å²) in [6.45, 7) is 6.06. The maximum absolute atomic E-state index is 9.92. The number of nitrogens with zero attached hydrogens (tertiary/aromatic N) is 1. The van der Waals surface area contributed by atoms with Crippen LogP contribution in [0.2, 0.25) is 5.02 Å². The van der Waals surface area contributed by atoms with Crippen molar-refractivity contribution in [1.29, 1.82) is 0 Å². The first-order valence-corrected chi connectivity index (χ1v) is 7.01. The van der Waals surface area contributed by atoms with Crippen LogP contribution in [0.25, 0.3) is 0 Å². The molecule has 1 aliphatic heterocycles. The average Bonchev–Trinajstić information content (AvgIpc) is 2.86. The molecule has 1 aliphatic rings. The summed E-state index contributed by atoms with van der Waals surface area (Å²) in [6.07, 6.45) is 2.28. The molecule has 1 atom stereocenters. The van der Waals surface area contributed by atoms with Crippen molar-refractivity contribution in [2.45, 2.75) is 32.4 Å². The SMILES string of the molecule is CCCN(Cc1c(O)cccc1Cl)C1CCNC1. The summed E-state index contributed by atoms with van der Waals surface area (Å²) in [5, 5.41) is 14.0. The molecular weight excluding hydrogens is 248 g/mol. The molecule has 1 saturated heterocycles. The number of benzene rings is 1. The molecule has 0 amide bonds. The summed E-state index contributed by atoms with van der Waals surface area (Å²) in [7, 11) is 0. The van der Waals surface area contributed by atoms with E-state index in [9.17, 15) is 5.11 Å². The third-order valence-electron chi connectivity index (χ3n) is 3.52. The van der Waals surface area contributed by atoms with Crippen molar-refractivity contribution < 1.29 is 5.11 Å². The first-order valence-electron chi connectivity index (χ1n) is 6.63. The molecule has 1 unspecified atom stereocenters. The van der Waals surface area contributed by atoms with Crippen molar-refractivity contribution in [3.63, 3.8) is 0 Å². The molecule has 0 aliphatic carbocycles. The molecular formula is C14H21ClN2O. The number of hydrogen-bond acceptors (Lipinski definition) is 3. The molecule has 1 aromatic rings. The van der Waals surface area contributed by atoms with Crippen LogP contribution in [0.5, 0.6) is 5.75 Å². The van der Waals surface area contributed by atoms with Gasteiger partial charge < -0.3 is 10.4 Å². The maximum atomic E-state index is 9.92. The Kier molecular flexibility index (Phi) is 4.87. The topological polar surface area (TPSA) is 35.5 Å². The minimum Gasteiger partial charge on any atom is -0.508 e. The second kappa shape index (κ2) is 6.41. The van der Waals surface area contributed by atoms with Crippen LogP contribution < -0.4 is 5.32 Å². The van der Waals surface area contributed by atoms with Gasteiger partial charge >= 0.3 is 0 Å². The van der Waals surface area contributed by atoms with Gasteiger partial charge in [-0.2, -0.15) is 0 Å². The molecule has 0 saturated carbocycles. The Morgan fingerprint density at radius 1 is 1.50 bits per heavy atom. The zero-order valence-electron chi connectivity index (χ0n) is 10.8. The molecule has 0 aromatic heterocycles. The second-order valence-corrected chi connectivity index (χ2v) is 5.26. The number of aromatic hydroxyl groups is 1. The van der Waals surface area contributed by atoms with Gasteiger partial charge in [-0.1, -0.05) is 24.6 Å². The monoisotopic (exact) mass is 268 g/mol. The first-order chi connectivity index (χ1) is 8.72. The minimum absolute atomic E-state index is 0.301. The van der Waals surface area contributed by atoms with E-state index in [0.29, 0.717) is 16.8 Å². The number of halogens is 1. The molecule has 100 valence electrons. The fourth-order valence-electron chi connectivity index (χ4n) is 2.54. The van der Waals surface area contributed by atoms with Gasteiger partial charge in [-0.05, 0) is 38.1 Å². The fraction of sp³-hybridized carbons (Fsp3) is 0.571. The largest absolute Gasteiger partial charge is 0.508 e. The molecule has 18 heavy (non-hydrogen) atoms. The van der Waals surface area contributed by atoms with Crippen LogP contribution in [-0.2, 0) is 6.54 Å². The summed E-state index contributed by atoms with van der Waals surface area (Å²) in [4.78, 5) is 2.42. The molecule has 1 aromatic carbocycles. The first kappa shape index (κ1) is 13.7. The van der Waals surface area contributed by atoms with E-state index >= 15 is 0 Å². The highest BCUT2D eigenvalue weighted by atomic mass is 35.5. The lowest BCUT2D eigenvalue weighted by molar-refractivity contribution is 0.197. The van der Waals surface area contributed by atoms with Gasteiger partial charge in [0.15, 0.2) is 0 Å². The van der Waals surface area contributed by atoms with Crippen molar-refractivity contribution in [2.24, 2.45) is 0 Å². The van der Waals surface area contributed by atoms with Crippen molar-refractivity contribution >= 4 is 11.6 Å². The van der Waals surface area contributed by atoms with E-state index in [-0.39, 0.29) is 0 Å². The number of hydrogen-bond donors (Lipinski definition) is 2. The smallest absolute Gasteiger partial charge is 0.121 e. The second-order valence-electron chi connectivity index (χ2n) is 4.85. The molecule has 0 bridgehead atoms. The normalized spacial score (nSPS) is 19.6. The Labute approximate surface area is 114 Å². The molecule has 0 radical (unpaired) electrons. The van der Waals surface area contributed by atoms with E-state index < -0.39 is 0 Å². The van der Waals surface area contributed by atoms with Gasteiger partial charge in [-0.3, -0.25) is 4.90 Å². The van der Waals surface area contributed by atoms with Crippen molar-refractivity contribution in [1.82, 2.24) is 10.2 Å². The average molecular weight is 269 g/mol. The summed E-state index contributed by atoms with van der Waals surface area (Å²) in [5.74, 6) is 0.301. The van der Waals surface area contributed by atoms with Gasteiger partial charge in [-0.15, -0.1) is 0 Å². The Morgan fingerprint density at radius 3 is 2.94 bits per heavy atom. The Balaban J connectivity index is 2.12. The van der Waals surface area contributed by atoms with Gasteiger partial charge in [0.25, 0.3) is 0 Å². The minimum atomic E-state index is 0.301. The van der Waals surface area contributed by atoms with Gasteiger partial charge in [0.2, 0.25) is 0 Å². The predicted octanol–water partition coefficient (Wildman–Crippen LogP) is 2.62. The maximum Gasteiger partial charge on any atom is 0.121 e. The highest BCUT2D eigenvalue weighted by Gasteiger charge is 2.23. The highest BCUT2D eigenvalue weighted by molar-refractivity contribution is 6.31. The van der Waals surface area contributed by atoms with E-state index in [2.05, 4.69) is 17.1 Å². The van der Waals surface area contributed by atoms with E-state index in [0.717, 1.165) is 38.2 Å². The number of nitrogens with one attached hydrogen (secondary N) is 1. The molecule has 2 rings (SSSR count). The van der Waals surface area contributed by atoms with E-state index in [1.807, 2.05) is 6.07 Å². The highest BCUT2D eigenvalue weighted by Crippen LogP contribution is 2.27. The van der Waals surface area contributed by atoms with Crippen LogP contribution in [0.4, 0.5) is 0 Å². The number of phenols is 1. The van der Waals surface area contributed by atoms with Crippen LogP contribution in [0.3, 0.4) is 0 Å². The zero-order chi connectivity index (χ0) is 13.0. The molecule has 3 nitrogen and oxygen atoms in total. The summed E-state index contributed by atoms with van der Waals surface area (Å²) >= 11 is 6.18. The van der Waals surface area contributed by atoms with Crippen LogP contribution in [-0.4, -0.2) is 35.7 Å². The molecule has 2 N–H and O–H groups in total. The van der Waals surface area contributed by atoms with Crippen LogP contribution in [0.1, 0.15) is 25.3 Å². The lowest BCUT2D eigenvalue weighted by Crippen LogP contribution is -2.37. The van der Waals surface area contributed by atoms with Crippen LogP contribution >= 0.6 is 11.6 Å². The van der Waals surface area contributed by atoms with E-state index in [1.165, 1.54) is 6.42 Å². The van der Waals surface area contributed by atoms with Gasteiger partial charge in [0, 0.05) is 29.7 Å². The van der Waals surface area contributed by atoms with Crippen molar-refractivity contribution in [3.05, 3.63) is 28.8 Å². The van der Waals surface area contributed by atoms with Crippen LogP contribution in [0, 0.1) is 0 Å². The fourth-order valence-corrected chi connectivity index (χ4v) is 2.77. The third kappa shape index (κ3) is 3.16. The number of rotatable bonds is 5. The van der Waals surface area contributed by atoms with Crippen LogP contribution in [0.15, 0.2) is 18.2 Å². The van der Waals surface area contributed by atoms with Crippen molar-refractivity contribution in [2.75, 3.05) is 19.6 Å². The summed E-state index contributed by atoms with van der Waals surface area (Å²) in [6, 6.07) is 5.88. The number of phenolic OH excluding ortho intramolecular Hbond substituents is 1. The Hall–Kier alpha value is -0.770. The van der Waals surface area contributed by atoms with E-state index in [4.69, 9.17) is 11.6 Å². The standard InChI is InChI=1S/C14H21ClN2O/c1-2-8-17(11-6-7-16-9-11)10-12-13(15)4-3-5-14(12)18/h3-5,11,16,18H,2,6-10H2,1H3. The molecule has 1 fully saturated rings. The lowest BCUT2D eigenvalue weighted by Gasteiger charge is -2.28. The van der Waals surface area contributed by atoms with Gasteiger partial charge in [-0.25, -0.2) is 0 Å². The third-order valence-corrected chi connectivity index (χ3v) is 3.87. The summed E-state index contributed by atoms with van der Waals surface area (Å²) < 4.78 is 0. The van der Waals surface area contributed by atoms with E-state index in [1.54, 1.807) is 12.1 Å². The van der Waals surface area contributed by atoms with Crippen molar-refractivity contribution in [3.8, 4) is 5.75 Å². The molecule has 4 heteroatoms. The van der Waals surface area contributed by atoms with Gasteiger partial charge in [0.05, 0.1) is 0 Å². The quantitative estimate of drug-likeness (QED) is 0.862. The van der Waals surface area contributed by atoms with Gasteiger partial charge in [0.1, 0.15) is 5.75 Å².